The van der Waals surface area contributed by atoms with Gasteiger partial charge in [0, 0.05) is 28.1 Å². The summed E-state index contributed by atoms with van der Waals surface area (Å²) >= 11 is 6.29. The van der Waals surface area contributed by atoms with Crippen LogP contribution in [0.4, 0.5) is 5.69 Å². The second kappa shape index (κ2) is 10.4. The molecular formula is C29H29ClN2O5. The molecule has 1 amide bonds. The van der Waals surface area contributed by atoms with Gasteiger partial charge in [0.05, 0.1) is 18.2 Å². The van der Waals surface area contributed by atoms with Gasteiger partial charge < -0.3 is 19.7 Å². The molecule has 0 spiro atoms. The van der Waals surface area contributed by atoms with Crippen LogP contribution in [0.1, 0.15) is 37.1 Å². The summed E-state index contributed by atoms with van der Waals surface area (Å²) in [7, 11) is 1.57. The lowest BCUT2D eigenvalue weighted by atomic mass is 9.72. The number of nitrogens with zero attached hydrogens (tertiary/aromatic N) is 1. The highest BCUT2D eigenvalue weighted by molar-refractivity contribution is 6.30. The number of fused-ring (bicyclic) bond motifs is 1. The Balaban J connectivity index is 1.72. The van der Waals surface area contributed by atoms with Crippen LogP contribution in [0, 0.1) is 6.92 Å². The minimum Gasteiger partial charge on any atom is -0.496 e. The average molecular weight is 521 g/mol. The van der Waals surface area contributed by atoms with E-state index < -0.39 is 22.5 Å². The lowest BCUT2D eigenvalue weighted by Gasteiger charge is -2.36. The first-order valence-electron chi connectivity index (χ1n) is 11.8. The maximum Gasteiger partial charge on any atom is 0.366 e. The molecule has 0 bridgehead atoms. The summed E-state index contributed by atoms with van der Waals surface area (Å²) < 4.78 is 10.3. The number of aryl methyl sites for hydroxylation is 1. The molecule has 7 nitrogen and oxygen atoms in total. The Morgan fingerprint density at radius 1 is 1.08 bits per heavy atom. The molecule has 0 saturated heterocycles. The third-order valence-corrected chi connectivity index (χ3v) is 6.77. The largest absolute Gasteiger partial charge is 0.496 e. The van der Waals surface area contributed by atoms with Gasteiger partial charge in [0.15, 0.2) is 0 Å². The third kappa shape index (κ3) is 5.68. The smallest absolute Gasteiger partial charge is 0.366 e. The second-order valence-electron chi connectivity index (χ2n) is 9.87. The van der Waals surface area contributed by atoms with Crippen LogP contribution in [0.15, 0.2) is 76.0 Å². The average Bonchev–Trinajstić information content (AvgIpc) is 2.86. The molecule has 1 heterocycles. The minimum atomic E-state index is -1.80. The Hall–Kier alpha value is -3.68. The van der Waals surface area contributed by atoms with Gasteiger partial charge in [0.25, 0.3) is 5.91 Å². The molecule has 1 atom stereocenters. The van der Waals surface area contributed by atoms with E-state index in [0.717, 1.165) is 11.1 Å². The molecule has 0 radical (unpaired) electrons. The Labute approximate surface area is 220 Å². The highest BCUT2D eigenvalue weighted by Crippen LogP contribution is 2.40. The monoisotopic (exact) mass is 520 g/mol. The van der Waals surface area contributed by atoms with Crippen molar-refractivity contribution in [2.24, 2.45) is 0 Å². The summed E-state index contributed by atoms with van der Waals surface area (Å²) in [5.74, 6) is 0.0477. The summed E-state index contributed by atoms with van der Waals surface area (Å²) in [6, 6.07) is 19.5. The van der Waals surface area contributed by atoms with Gasteiger partial charge in [-0.25, -0.2) is 4.79 Å². The molecule has 1 aromatic heterocycles. The van der Waals surface area contributed by atoms with E-state index in [0.29, 0.717) is 32.9 Å². The number of amides is 1. The van der Waals surface area contributed by atoms with E-state index in [4.69, 9.17) is 20.9 Å². The zero-order valence-corrected chi connectivity index (χ0v) is 21.9. The normalized spacial score (nSPS) is 13.2. The van der Waals surface area contributed by atoms with Gasteiger partial charge in [-0.3, -0.25) is 4.79 Å². The SMILES string of the molecule is COc1ccc(Cl)cc1C(C)(C)CC(O)(Cc1ccccc1)C(=O)Nc1ccc2c(=O)onc(C)c2c1. The first-order valence-corrected chi connectivity index (χ1v) is 12.2. The first-order chi connectivity index (χ1) is 17.5. The number of aliphatic hydroxyl groups is 1. The molecule has 0 aliphatic carbocycles. The summed E-state index contributed by atoms with van der Waals surface area (Å²) in [6.45, 7) is 5.59. The Morgan fingerprint density at radius 3 is 2.51 bits per heavy atom. The third-order valence-electron chi connectivity index (χ3n) is 6.54. The second-order valence-corrected chi connectivity index (χ2v) is 10.3. The van der Waals surface area contributed by atoms with Crippen LogP contribution in [0.25, 0.3) is 10.8 Å². The number of nitrogens with one attached hydrogen (secondary N) is 1. The number of benzene rings is 3. The molecule has 192 valence electrons. The van der Waals surface area contributed by atoms with Gasteiger partial charge in [0.1, 0.15) is 11.4 Å². The number of carbonyl (C=O) groups is 1. The molecule has 4 rings (SSSR count). The molecule has 0 saturated carbocycles. The number of hydrogen-bond acceptors (Lipinski definition) is 6. The van der Waals surface area contributed by atoms with Crippen LogP contribution in [0.5, 0.6) is 5.75 Å². The van der Waals surface area contributed by atoms with Crippen LogP contribution in [-0.4, -0.2) is 28.9 Å². The summed E-state index contributed by atoms with van der Waals surface area (Å²) in [6.07, 6.45) is 0.166. The summed E-state index contributed by atoms with van der Waals surface area (Å²) in [5, 5.41) is 20.0. The van der Waals surface area contributed by atoms with E-state index in [9.17, 15) is 14.7 Å². The van der Waals surface area contributed by atoms with Gasteiger partial charge in [-0.05, 0) is 60.7 Å². The van der Waals surface area contributed by atoms with E-state index in [1.807, 2.05) is 44.2 Å². The van der Waals surface area contributed by atoms with E-state index >= 15 is 0 Å². The predicted octanol–water partition coefficient (Wildman–Crippen LogP) is 5.44. The van der Waals surface area contributed by atoms with Crippen molar-refractivity contribution in [2.45, 2.75) is 44.6 Å². The van der Waals surface area contributed by atoms with Gasteiger partial charge in [0.2, 0.25) is 0 Å². The zero-order chi connectivity index (χ0) is 26.8. The van der Waals surface area contributed by atoms with E-state index in [-0.39, 0.29) is 12.8 Å². The van der Waals surface area contributed by atoms with Crippen molar-refractivity contribution < 1.29 is 19.2 Å². The Bertz CT molecular complexity index is 1500. The van der Waals surface area contributed by atoms with Crippen molar-refractivity contribution in [1.29, 1.82) is 0 Å². The van der Waals surface area contributed by atoms with Crippen LogP contribution in [0.3, 0.4) is 0 Å². The molecule has 37 heavy (non-hydrogen) atoms. The van der Waals surface area contributed by atoms with Gasteiger partial charge in [-0.1, -0.05) is 60.9 Å². The maximum atomic E-state index is 13.7. The predicted molar refractivity (Wildman–Crippen MR) is 144 cm³/mol. The number of methoxy groups -OCH3 is 1. The number of aromatic nitrogens is 1. The molecule has 0 aliphatic rings. The summed E-state index contributed by atoms with van der Waals surface area (Å²) in [5.41, 5.74) is -0.518. The maximum absolute atomic E-state index is 13.7. The van der Waals surface area contributed by atoms with Crippen LogP contribution in [0.2, 0.25) is 5.02 Å². The topological polar surface area (TPSA) is 102 Å². The molecule has 8 heteroatoms. The fourth-order valence-electron chi connectivity index (χ4n) is 4.75. The highest BCUT2D eigenvalue weighted by atomic mass is 35.5. The zero-order valence-electron chi connectivity index (χ0n) is 21.2. The highest BCUT2D eigenvalue weighted by Gasteiger charge is 2.43. The standard InChI is InChI=1S/C29H29ClN2O5/c1-18-23-15-21(11-12-22(23)26(33)37-32-18)31-27(34)29(35,16-19-8-6-5-7-9-19)17-28(2,3)24-14-20(30)10-13-25(24)36-4/h5-15,35H,16-17H2,1-4H3,(H,31,34). The lowest BCUT2D eigenvalue weighted by molar-refractivity contribution is -0.136. The van der Waals surface area contributed by atoms with Crippen molar-refractivity contribution in [3.05, 3.63) is 99.0 Å². The van der Waals surface area contributed by atoms with Crippen molar-refractivity contribution in [2.75, 3.05) is 12.4 Å². The van der Waals surface area contributed by atoms with E-state index in [1.54, 1.807) is 50.4 Å². The number of rotatable bonds is 8. The fraction of sp³-hybridized carbons (Fsp3) is 0.276. The first kappa shape index (κ1) is 26.4. The molecule has 0 aliphatic heterocycles. The molecule has 0 fully saturated rings. The Morgan fingerprint density at radius 2 is 1.81 bits per heavy atom. The van der Waals surface area contributed by atoms with Crippen molar-refractivity contribution >= 4 is 34.0 Å². The Kier molecular flexibility index (Phi) is 7.39. The van der Waals surface area contributed by atoms with Gasteiger partial charge in [-0.2, -0.15) is 0 Å². The summed E-state index contributed by atoms with van der Waals surface area (Å²) in [4.78, 5) is 25.8. The van der Waals surface area contributed by atoms with Crippen LogP contribution in [-0.2, 0) is 16.6 Å². The molecule has 2 N–H and O–H groups in total. The number of carbonyl (C=O) groups excluding carboxylic acids is 1. The fourth-order valence-corrected chi connectivity index (χ4v) is 4.92. The lowest BCUT2D eigenvalue weighted by Crippen LogP contribution is -2.49. The number of halogens is 1. The molecular weight excluding hydrogens is 492 g/mol. The van der Waals surface area contributed by atoms with Crippen molar-refractivity contribution in [3.63, 3.8) is 0 Å². The van der Waals surface area contributed by atoms with E-state index in [2.05, 4.69) is 10.5 Å². The quantitative estimate of drug-likeness (QED) is 0.321. The number of ether oxygens (including phenoxy) is 1. The molecule has 1 unspecified atom stereocenters. The number of hydrogen-bond donors (Lipinski definition) is 2. The van der Waals surface area contributed by atoms with Crippen LogP contribution < -0.4 is 15.7 Å². The number of anilines is 1. The van der Waals surface area contributed by atoms with E-state index in [1.165, 1.54) is 0 Å². The van der Waals surface area contributed by atoms with Crippen LogP contribution >= 0.6 is 11.6 Å². The molecule has 4 aromatic rings. The molecule has 3 aromatic carbocycles. The van der Waals surface area contributed by atoms with Crippen molar-refractivity contribution in [1.82, 2.24) is 5.16 Å². The van der Waals surface area contributed by atoms with Gasteiger partial charge >= 0.3 is 5.63 Å². The minimum absolute atomic E-state index is 0.0786. The van der Waals surface area contributed by atoms with Crippen molar-refractivity contribution in [3.8, 4) is 5.75 Å². The van der Waals surface area contributed by atoms with Gasteiger partial charge in [-0.15, -0.1) is 0 Å².